The molecule has 7 heteroatoms. The smallest absolute Gasteiger partial charge is 0.208 e. The third-order valence-corrected chi connectivity index (χ3v) is 6.44. The fourth-order valence-electron chi connectivity index (χ4n) is 3.17. The van der Waals surface area contributed by atoms with Crippen LogP contribution in [0.1, 0.15) is 12.0 Å². The quantitative estimate of drug-likeness (QED) is 0.781. The van der Waals surface area contributed by atoms with Crippen molar-refractivity contribution in [2.45, 2.75) is 22.6 Å². The van der Waals surface area contributed by atoms with Gasteiger partial charge < -0.3 is 16.0 Å². The molecule has 0 aliphatic carbocycles. The van der Waals surface area contributed by atoms with E-state index in [2.05, 4.69) is 10.2 Å². The van der Waals surface area contributed by atoms with Crippen molar-refractivity contribution < 1.29 is 12.8 Å². The topological polar surface area (TPSA) is 75.4 Å². The molecule has 140 valence electrons. The molecule has 0 amide bonds. The molecule has 2 aromatic rings. The molecule has 1 heterocycles. The van der Waals surface area contributed by atoms with Gasteiger partial charge in [0.05, 0.1) is 15.5 Å². The van der Waals surface area contributed by atoms with Crippen LogP contribution < -0.4 is 11.1 Å². The minimum Gasteiger partial charge on any atom is -0.398 e. The van der Waals surface area contributed by atoms with Crippen LogP contribution in [-0.2, 0) is 16.3 Å². The second-order valence-electron chi connectivity index (χ2n) is 6.53. The number of benzene rings is 2. The van der Waals surface area contributed by atoms with Crippen molar-refractivity contribution in [3.05, 3.63) is 53.8 Å². The summed E-state index contributed by atoms with van der Waals surface area (Å²) in [5, 5.41) is 3.37. The van der Waals surface area contributed by atoms with Crippen LogP contribution in [0.3, 0.4) is 0 Å². The van der Waals surface area contributed by atoms with E-state index in [-0.39, 0.29) is 15.5 Å². The lowest BCUT2D eigenvalue weighted by atomic mass is 10.1. The number of anilines is 1. The summed E-state index contributed by atoms with van der Waals surface area (Å²) in [5.41, 5.74) is 7.22. The molecule has 5 nitrogen and oxygen atoms in total. The molecule has 0 aromatic heterocycles. The van der Waals surface area contributed by atoms with Crippen molar-refractivity contribution >= 4 is 15.5 Å². The highest BCUT2D eigenvalue weighted by Crippen LogP contribution is 2.27. The Morgan fingerprint density at radius 1 is 1.12 bits per heavy atom. The fourth-order valence-corrected chi connectivity index (χ4v) is 4.57. The summed E-state index contributed by atoms with van der Waals surface area (Å²) in [4.78, 5) is 2.33. The van der Waals surface area contributed by atoms with Crippen molar-refractivity contribution in [3.8, 4) is 0 Å². The summed E-state index contributed by atoms with van der Waals surface area (Å²) >= 11 is 0. The van der Waals surface area contributed by atoms with Crippen LogP contribution in [0.15, 0.2) is 52.3 Å². The Balaban J connectivity index is 1.74. The first kappa shape index (κ1) is 18.8. The molecule has 0 unspecified atom stereocenters. The van der Waals surface area contributed by atoms with Gasteiger partial charge in [0.1, 0.15) is 5.82 Å². The SMILES string of the molecule is Nc1cc(CCN2CCCNCC2)ccc1S(=O)(=O)c1cccc(F)c1. The van der Waals surface area contributed by atoms with Crippen LogP contribution in [0, 0.1) is 5.82 Å². The summed E-state index contributed by atoms with van der Waals surface area (Å²) in [6.07, 6.45) is 1.94. The van der Waals surface area contributed by atoms with E-state index in [0.717, 1.165) is 57.2 Å². The molecule has 1 saturated heterocycles. The highest BCUT2D eigenvalue weighted by atomic mass is 32.2. The molecule has 3 N–H and O–H groups in total. The predicted molar refractivity (Wildman–Crippen MR) is 100 cm³/mol. The maximum absolute atomic E-state index is 13.4. The number of hydrogen-bond donors (Lipinski definition) is 2. The molecule has 0 bridgehead atoms. The first-order valence-electron chi connectivity index (χ1n) is 8.79. The Morgan fingerprint density at radius 3 is 2.73 bits per heavy atom. The van der Waals surface area contributed by atoms with Crippen molar-refractivity contribution in [1.82, 2.24) is 10.2 Å². The van der Waals surface area contributed by atoms with E-state index in [1.807, 2.05) is 0 Å². The molecule has 0 saturated carbocycles. The van der Waals surface area contributed by atoms with Gasteiger partial charge in [-0.2, -0.15) is 0 Å². The van der Waals surface area contributed by atoms with Gasteiger partial charge in [0.2, 0.25) is 9.84 Å². The average molecular weight is 377 g/mol. The number of nitrogens with zero attached hydrogens (tertiary/aromatic N) is 1. The average Bonchev–Trinajstić information content (AvgIpc) is 2.88. The Hall–Kier alpha value is -1.96. The van der Waals surface area contributed by atoms with Gasteiger partial charge in [-0.1, -0.05) is 12.1 Å². The van der Waals surface area contributed by atoms with E-state index < -0.39 is 15.7 Å². The minimum absolute atomic E-state index is 0.0193. The third kappa shape index (κ3) is 4.41. The number of nitrogens with two attached hydrogens (primary N) is 1. The van der Waals surface area contributed by atoms with E-state index >= 15 is 0 Å². The molecular weight excluding hydrogens is 353 g/mol. The molecular formula is C19H24FN3O2S. The van der Waals surface area contributed by atoms with Gasteiger partial charge >= 0.3 is 0 Å². The summed E-state index contributed by atoms with van der Waals surface area (Å²) in [6, 6.07) is 10.00. The number of hydrogen-bond acceptors (Lipinski definition) is 5. The molecule has 0 spiro atoms. The monoisotopic (exact) mass is 377 g/mol. The van der Waals surface area contributed by atoms with E-state index in [0.29, 0.717) is 0 Å². The maximum Gasteiger partial charge on any atom is 0.208 e. The number of sulfone groups is 1. The fraction of sp³-hybridized carbons (Fsp3) is 0.368. The van der Waals surface area contributed by atoms with E-state index in [9.17, 15) is 12.8 Å². The third-order valence-electron chi connectivity index (χ3n) is 4.62. The zero-order valence-corrected chi connectivity index (χ0v) is 15.4. The second kappa shape index (κ2) is 8.16. The zero-order chi connectivity index (χ0) is 18.6. The van der Waals surface area contributed by atoms with Crippen LogP contribution in [-0.4, -0.2) is 46.0 Å². The van der Waals surface area contributed by atoms with Crippen LogP contribution >= 0.6 is 0 Å². The summed E-state index contributed by atoms with van der Waals surface area (Å²) in [7, 11) is -3.83. The highest BCUT2D eigenvalue weighted by Gasteiger charge is 2.21. The molecule has 2 aromatic carbocycles. The van der Waals surface area contributed by atoms with Gasteiger partial charge in [0.15, 0.2) is 0 Å². The first-order valence-corrected chi connectivity index (χ1v) is 10.3. The molecule has 1 aliphatic heterocycles. The van der Waals surface area contributed by atoms with Gasteiger partial charge in [-0.15, -0.1) is 0 Å². The normalized spacial score (nSPS) is 16.3. The molecule has 0 atom stereocenters. The predicted octanol–water partition coefficient (Wildman–Crippen LogP) is 2.08. The Labute approximate surface area is 153 Å². The molecule has 26 heavy (non-hydrogen) atoms. The highest BCUT2D eigenvalue weighted by molar-refractivity contribution is 7.91. The Bertz CT molecular complexity index is 863. The Kier molecular flexibility index (Phi) is 5.90. The van der Waals surface area contributed by atoms with Crippen LogP contribution in [0.5, 0.6) is 0 Å². The number of nitrogens with one attached hydrogen (secondary N) is 1. The van der Waals surface area contributed by atoms with Gasteiger partial charge in [-0.3, -0.25) is 0 Å². The van der Waals surface area contributed by atoms with E-state index in [1.54, 1.807) is 12.1 Å². The van der Waals surface area contributed by atoms with Crippen molar-refractivity contribution in [1.29, 1.82) is 0 Å². The molecule has 0 radical (unpaired) electrons. The van der Waals surface area contributed by atoms with Gasteiger partial charge in [0.25, 0.3) is 0 Å². The number of halogens is 1. The van der Waals surface area contributed by atoms with Crippen LogP contribution in [0.2, 0.25) is 0 Å². The van der Waals surface area contributed by atoms with Crippen molar-refractivity contribution in [2.75, 3.05) is 38.5 Å². The molecule has 1 aliphatic rings. The van der Waals surface area contributed by atoms with Crippen LogP contribution in [0.25, 0.3) is 0 Å². The van der Waals surface area contributed by atoms with Crippen LogP contribution in [0.4, 0.5) is 10.1 Å². The largest absolute Gasteiger partial charge is 0.398 e. The lowest BCUT2D eigenvalue weighted by molar-refractivity contribution is 0.296. The lowest BCUT2D eigenvalue weighted by Gasteiger charge is -2.19. The number of rotatable bonds is 5. The van der Waals surface area contributed by atoms with E-state index in [4.69, 9.17) is 5.73 Å². The van der Waals surface area contributed by atoms with E-state index in [1.165, 1.54) is 24.3 Å². The summed E-state index contributed by atoms with van der Waals surface area (Å²) < 4.78 is 38.8. The maximum atomic E-state index is 13.4. The minimum atomic E-state index is -3.83. The summed E-state index contributed by atoms with van der Waals surface area (Å²) in [6.45, 7) is 5.04. The van der Waals surface area contributed by atoms with Gasteiger partial charge in [-0.05, 0) is 61.8 Å². The molecule has 3 rings (SSSR count). The second-order valence-corrected chi connectivity index (χ2v) is 8.45. The lowest BCUT2D eigenvalue weighted by Crippen LogP contribution is -2.30. The van der Waals surface area contributed by atoms with Gasteiger partial charge in [0, 0.05) is 19.6 Å². The summed E-state index contributed by atoms with van der Waals surface area (Å²) in [5.74, 6) is -0.590. The standard InChI is InChI=1S/C19H24FN3O2S/c20-16-3-1-4-17(14-16)26(24,25)19-6-5-15(13-18(19)21)7-11-23-10-2-8-22-9-12-23/h1,3-6,13-14,22H,2,7-12,21H2. The van der Waals surface area contributed by atoms with Crippen molar-refractivity contribution in [3.63, 3.8) is 0 Å². The first-order chi connectivity index (χ1) is 12.5. The zero-order valence-electron chi connectivity index (χ0n) is 14.6. The molecule has 1 fully saturated rings. The van der Waals surface area contributed by atoms with Gasteiger partial charge in [-0.25, -0.2) is 12.8 Å². The Morgan fingerprint density at radius 2 is 1.96 bits per heavy atom. The van der Waals surface area contributed by atoms with Crippen molar-refractivity contribution in [2.24, 2.45) is 0 Å². The number of nitrogen functional groups attached to an aromatic ring is 1.